The van der Waals surface area contributed by atoms with Crippen LogP contribution in [0.1, 0.15) is 40.8 Å². The standard InChI is InChI=1S/C19H21ClN4O2/c1-24-10-12(14-5-4-13(20)9-17(14)24)6-8-22-18(25)16-11-26-19(23-16)15-3-2-7-21-15/h4-5,9-11,15,21H,2-3,6-8H2,1H3,(H,22,25)/t15-/m0/s1. The number of halogens is 1. The second-order valence-electron chi connectivity index (χ2n) is 6.65. The Hall–Kier alpha value is -2.31. The molecule has 1 aliphatic heterocycles. The number of hydrogen-bond donors (Lipinski definition) is 2. The van der Waals surface area contributed by atoms with Gasteiger partial charge in [0, 0.05) is 35.7 Å². The molecule has 0 aliphatic carbocycles. The number of amides is 1. The molecule has 0 radical (unpaired) electrons. The number of rotatable bonds is 5. The van der Waals surface area contributed by atoms with Crippen LogP contribution in [-0.2, 0) is 13.5 Å². The number of carbonyl (C=O) groups excluding carboxylic acids is 1. The summed E-state index contributed by atoms with van der Waals surface area (Å²) in [6, 6.07) is 5.99. The Balaban J connectivity index is 1.38. The van der Waals surface area contributed by atoms with Gasteiger partial charge in [-0.3, -0.25) is 4.79 Å². The van der Waals surface area contributed by atoms with Crippen molar-refractivity contribution in [2.45, 2.75) is 25.3 Å². The van der Waals surface area contributed by atoms with E-state index in [-0.39, 0.29) is 11.9 Å². The predicted molar refractivity (Wildman–Crippen MR) is 100 cm³/mol. The largest absolute Gasteiger partial charge is 0.446 e. The van der Waals surface area contributed by atoms with Crippen LogP contribution in [0.5, 0.6) is 0 Å². The van der Waals surface area contributed by atoms with E-state index in [4.69, 9.17) is 16.0 Å². The van der Waals surface area contributed by atoms with Gasteiger partial charge in [-0.25, -0.2) is 4.98 Å². The molecule has 0 unspecified atom stereocenters. The van der Waals surface area contributed by atoms with Crippen molar-refractivity contribution in [3.05, 3.63) is 52.8 Å². The molecule has 136 valence electrons. The van der Waals surface area contributed by atoms with Gasteiger partial charge >= 0.3 is 0 Å². The number of fused-ring (bicyclic) bond motifs is 1. The molecule has 0 saturated carbocycles. The highest BCUT2D eigenvalue weighted by molar-refractivity contribution is 6.31. The van der Waals surface area contributed by atoms with Crippen molar-refractivity contribution in [1.29, 1.82) is 0 Å². The summed E-state index contributed by atoms with van der Waals surface area (Å²) in [5.41, 5.74) is 2.60. The molecule has 1 atom stereocenters. The Labute approximate surface area is 156 Å². The van der Waals surface area contributed by atoms with Crippen molar-refractivity contribution in [1.82, 2.24) is 20.2 Å². The molecule has 7 heteroatoms. The van der Waals surface area contributed by atoms with E-state index in [1.807, 2.05) is 25.2 Å². The first-order valence-corrected chi connectivity index (χ1v) is 9.20. The van der Waals surface area contributed by atoms with E-state index >= 15 is 0 Å². The molecule has 6 nitrogen and oxygen atoms in total. The molecule has 1 amide bonds. The smallest absolute Gasteiger partial charge is 0.273 e. The molecule has 0 bridgehead atoms. The van der Waals surface area contributed by atoms with Gasteiger partial charge in [0.15, 0.2) is 5.69 Å². The fraction of sp³-hybridized carbons (Fsp3) is 0.368. The fourth-order valence-electron chi connectivity index (χ4n) is 3.49. The lowest BCUT2D eigenvalue weighted by Gasteiger charge is -2.04. The van der Waals surface area contributed by atoms with E-state index in [1.165, 1.54) is 11.8 Å². The number of hydrogen-bond acceptors (Lipinski definition) is 4. The van der Waals surface area contributed by atoms with Crippen LogP contribution in [0.2, 0.25) is 5.02 Å². The van der Waals surface area contributed by atoms with E-state index in [0.717, 1.165) is 41.7 Å². The Morgan fingerprint density at radius 3 is 3.19 bits per heavy atom. The maximum absolute atomic E-state index is 12.3. The van der Waals surface area contributed by atoms with Crippen LogP contribution in [0.15, 0.2) is 35.1 Å². The lowest BCUT2D eigenvalue weighted by Crippen LogP contribution is -2.26. The van der Waals surface area contributed by atoms with Crippen LogP contribution in [0.25, 0.3) is 10.9 Å². The second-order valence-corrected chi connectivity index (χ2v) is 7.09. The molecule has 0 spiro atoms. The van der Waals surface area contributed by atoms with Crippen molar-refractivity contribution in [3.63, 3.8) is 0 Å². The third-order valence-electron chi connectivity index (χ3n) is 4.83. The highest BCUT2D eigenvalue weighted by Gasteiger charge is 2.22. The highest BCUT2D eigenvalue weighted by Crippen LogP contribution is 2.24. The van der Waals surface area contributed by atoms with Gasteiger partial charge < -0.3 is 19.6 Å². The fourth-order valence-corrected chi connectivity index (χ4v) is 3.66. The highest BCUT2D eigenvalue weighted by atomic mass is 35.5. The van der Waals surface area contributed by atoms with Crippen molar-refractivity contribution < 1.29 is 9.21 Å². The zero-order valence-electron chi connectivity index (χ0n) is 14.6. The van der Waals surface area contributed by atoms with E-state index < -0.39 is 0 Å². The van der Waals surface area contributed by atoms with Crippen LogP contribution < -0.4 is 10.6 Å². The third-order valence-corrected chi connectivity index (χ3v) is 5.06. The van der Waals surface area contributed by atoms with E-state index in [1.54, 1.807) is 0 Å². The zero-order chi connectivity index (χ0) is 18.1. The lowest BCUT2D eigenvalue weighted by molar-refractivity contribution is 0.0949. The minimum Gasteiger partial charge on any atom is -0.446 e. The van der Waals surface area contributed by atoms with Crippen LogP contribution in [0.3, 0.4) is 0 Å². The summed E-state index contributed by atoms with van der Waals surface area (Å²) in [7, 11) is 1.99. The molecule has 3 aromatic rings. The van der Waals surface area contributed by atoms with Crippen molar-refractivity contribution in [3.8, 4) is 0 Å². The Kier molecular flexibility index (Phi) is 4.70. The maximum atomic E-state index is 12.3. The first kappa shape index (κ1) is 17.1. The lowest BCUT2D eigenvalue weighted by atomic mass is 10.1. The van der Waals surface area contributed by atoms with Gasteiger partial charge in [0.1, 0.15) is 6.26 Å². The summed E-state index contributed by atoms with van der Waals surface area (Å²) in [4.78, 5) is 16.6. The Morgan fingerprint density at radius 1 is 1.50 bits per heavy atom. The van der Waals surface area contributed by atoms with Crippen molar-refractivity contribution in [2.75, 3.05) is 13.1 Å². The monoisotopic (exact) mass is 372 g/mol. The SMILES string of the molecule is Cn1cc(CCNC(=O)c2coc([C@@H]3CCCN3)n2)c2ccc(Cl)cc21. The Morgan fingerprint density at radius 2 is 2.38 bits per heavy atom. The van der Waals surface area contributed by atoms with E-state index in [2.05, 4.69) is 26.4 Å². The molecule has 1 aliphatic rings. The predicted octanol–water partition coefficient (Wildman–Crippen LogP) is 3.22. The summed E-state index contributed by atoms with van der Waals surface area (Å²) in [5.74, 6) is 0.389. The minimum absolute atomic E-state index is 0.124. The van der Waals surface area contributed by atoms with Gasteiger partial charge in [0.25, 0.3) is 5.91 Å². The first-order chi connectivity index (χ1) is 12.6. The molecular formula is C19H21ClN4O2. The first-order valence-electron chi connectivity index (χ1n) is 8.82. The normalized spacial score (nSPS) is 17.1. The van der Waals surface area contributed by atoms with Crippen molar-refractivity contribution >= 4 is 28.4 Å². The van der Waals surface area contributed by atoms with Gasteiger partial charge in [-0.1, -0.05) is 17.7 Å². The van der Waals surface area contributed by atoms with Gasteiger partial charge in [0.2, 0.25) is 5.89 Å². The summed E-state index contributed by atoms with van der Waals surface area (Å²) in [6.45, 7) is 1.50. The van der Waals surface area contributed by atoms with Crippen LogP contribution in [0, 0.1) is 0 Å². The number of oxazole rings is 1. The number of aryl methyl sites for hydroxylation is 1. The maximum Gasteiger partial charge on any atom is 0.273 e. The van der Waals surface area contributed by atoms with Crippen LogP contribution >= 0.6 is 11.6 Å². The van der Waals surface area contributed by atoms with Crippen LogP contribution in [0.4, 0.5) is 0 Å². The topological polar surface area (TPSA) is 72.1 Å². The average molecular weight is 373 g/mol. The number of carbonyl (C=O) groups is 1. The summed E-state index contributed by atoms with van der Waals surface area (Å²) < 4.78 is 7.51. The summed E-state index contributed by atoms with van der Waals surface area (Å²) >= 11 is 6.07. The van der Waals surface area contributed by atoms with Gasteiger partial charge in [-0.2, -0.15) is 0 Å². The minimum atomic E-state index is -0.207. The van der Waals surface area contributed by atoms with E-state index in [9.17, 15) is 4.79 Å². The molecule has 1 aromatic carbocycles. The van der Waals surface area contributed by atoms with Gasteiger partial charge in [-0.05, 0) is 43.5 Å². The molecule has 2 aromatic heterocycles. The second kappa shape index (κ2) is 7.13. The average Bonchev–Trinajstić information content (AvgIpc) is 3.35. The zero-order valence-corrected chi connectivity index (χ0v) is 15.3. The molecule has 1 fully saturated rings. The Bertz CT molecular complexity index is 940. The number of nitrogens with one attached hydrogen (secondary N) is 2. The van der Waals surface area contributed by atoms with Gasteiger partial charge in [0.05, 0.1) is 6.04 Å². The van der Waals surface area contributed by atoms with Crippen molar-refractivity contribution in [2.24, 2.45) is 7.05 Å². The molecule has 1 saturated heterocycles. The number of nitrogens with zero attached hydrogens (tertiary/aromatic N) is 2. The molecule has 3 heterocycles. The number of benzene rings is 1. The molecule has 4 rings (SSSR count). The van der Waals surface area contributed by atoms with Gasteiger partial charge in [-0.15, -0.1) is 0 Å². The molecule has 26 heavy (non-hydrogen) atoms. The molecule has 2 N–H and O–H groups in total. The van der Waals surface area contributed by atoms with Crippen LogP contribution in [-0.4, -0.2) is 28.5 Å². The molecular weight excluding hydrogens is 352 g/mol. The number of aromatic nitrogens is 2. The summed E-state index contributed by atoms with van der Waals surface area (Å²) in [6.07, 6.45) is 6.34. The van der Waals surface area contributed by atoms with E-state index in [0.29, 0.717) is 18.1 Å². The quantitative estimate of drug-likeness (QED) is 0.721. The summed E-state index contributed by atoms with van der Waals surface area (Å²) in [5, 5.41) is 8.11. The third kappa shape index (κ3) is 3.34.